The molecule has 0 unspecified atom stereocenters. The Morgan fingerprint density at radius 3 is 2.17 bits per heavy atom. The topological polar surface area (TPSA) is 78.5 Å². The summed E-state index contributed by atoms with van der Waals surface area (Å²) in [6.07, 6.45) is 1.05. The molecule has 2 N–H and O–H groups in total. The lowest BCUT2D eigenvalue weighted by Gasteiger charge is -2.32. The van der Waals surface area contributed by atoms with Gasteiger partial charge in [-0.25, -0.2) is 31.1 Å². The molecular weight excluding hydrogens is 407 g/mol. The molecule has 0 saturated carbocycles. The maximum absolute atomic E-state index is 13.7. The van der Waals surface area contributed by atoms with Crippen molar-refractivity contribution in [3.63, 3.8) is 0 Å². The van der Waals surface area contributed by atoms with Crippen molar-refractivity contribution in [1.82, 2.24) is 9.62 Å². The first kappa shape index (κ1) is 21.1. The number of halogens is 3. The number of urea groups is 1. The molecule has 2 aromatic carbocycles. The number of carbonyl (C=O) groups is 1. The Balaban J connectivity index is 1.51. The molecule has 10 heteroatoms. The summed E-state index contributed by atoms with van der Waals surface area (Å²) in [6, 6.07) is 7.93. The summed E-state index contributed by atoms with van der Waals surface area (Å²) in [4.78, 5) is 12.8. The number of nitrogens with zero attached hydrogens (tertiary/aromatic N) is 1. The molecule has 1 heterocycles. The quantitative estimate of drug-likeness (QED) is 0.769. The third-order valence-electron chi connectivity index (χ3n) is 4.75. The van der Waals surface area contributed by atoms with Crippen LogP contribution in [0.4, 0.5) is 23.7 Å². The van der Waals surface area contributed by atoms with Crippen LogP contribution >= 0.6 is 0 Å². The smallest absolute Gasteiger partial charge is 0.321 e. The fraction of sp³-hybridized carbons (Fsp3) is 0.316. The summed E-state index contributed by atoms with van der Waals surface area (Å²) in [5.41, 5.74) is 0.471. The van der Waals surface area contributed by atoms with E-state index in [0.29, 0.717) is 31.6 Å². The standard InChI is InChI=1S/C19H20F3N3O3S/c20-14-4-6-15(7-5-14)24-19(26)25-10-8-13(9-11-25)12-23-29(27,28)18-16(21)2-1-3-17(18)22/h1-7,13,23H,8-12H2,(H,24,26). The molecule has 0 bridgehead atoms. The van der Waals surface area contributed by atoms with E-state index in [1.807, 2.05) is 0 Å². The largest absolute Gasteiger partial charge is 0.325 e. The number of hydrogen-bond donors (Lipinski definition) is 2. The number of rotatable bonds is 5. The minimum Gasteiger partial charge on any atom is -0.325 e. The van der Waals surface area contributed by atoms with Crippen molar-refractivity contribution in [2.75, 3.05) is 25.0 Å². The summed E-state index contributed by atoms with van der Waals surface area (Å²) >= 11 is 0. The Hall–Kier alpha value is -2.59. The Labute approximate surface area is 166 Å². The van der Waals surface area contributed by atoms with Gasteiger partial charge in [-0.15, -0.1) is 0 Å². The average molecular weight is 427 g/mol. The van der Waals surface area contributed by atoms with E-state index in [-0.39, 0.29) is 18.5 Å². The fourth-order valence-corrected chi connectivity index (χ4v) is 4.36. The zero-order valence-corrected chi connectivity index (χ0v) is 16.2. The normalized spacial score (nSPS) is 15.3. The second kappa shape index (κ2) is 8.83. The van der Waals surface area contributed by atoms with Gasteiger partial charge in [-0.3, -0.25) is 0 Å². The van der Waals surface area contributed by atoms with Crippen LogP contribution in [0.2, 0.25) is 0 Å². The molecule has 1 saturated heterocycles. The van der Waals surface area contributed by atoms with Crippen LogP contribution in [-0.2, 0) is 10.0 Å². The molecule has 0 radical (unpaired) electrons. The second-order valence-electron chi connectivity index (χ2n) is 6.77. The number of carbonyl (C=O) groups excluding carboxylic acids is 1. The highest BCUT2D eigenvalue weighted by Gasteiger charge is 2.27. The predicted molar refractivity (Wildman–Crippen MR) is 101 cm³/mol. The van der Waals surface area contributed by atoms with E-state index in [4.69, 9.17) is 0 Å². The van der Waals surface area contributed by atoms with Gasteiger partial charge in [-0.05, 0) is 55.2 Å². The van der Waals surface area contributed by atoms with Crippen LogP contribution in [-0.4, -0.2) is 39.0 Å². The average Bonchev–Trinajstić information content (AvgIpc) is 2.68. The van der Waals surface area contributed by atoms with Crippen molar-refractivity contribution in [2.24, 2.45) is 5.92 Å². The highest BCUT2D eigenvalue weighted by molar-refractivity contribution is 7.89. The maximum atomic E-state index is 13.7. The number of hydrogen-bond acceptors (Lipinski definition) is 3. The van der Waals surface area contributed by atoms with E-state index in [1.54, 1.807) is 4.90 Å². The van der Waals surface area contributed by atoms with E-state index >= 15 is 0 Å². The van der Waals surface area contributed by atoms with E-state index < -0.39 is 32.4 Å². The molecule has 0 spiro atoms. The minimum absolute atomic E-state index is 0.0174. The maximum Gasteiger partial charge on any atom is 0.321 e. The fourth-order valence-electron chi connectivity index (χ4n) is 3.11. The van der Waals surface area contributed by atoms with Crippen LogP contribution in [0.15, 0.2) is 47.4 Å². The van der Waals surface area contributed by atoms with Gasteiger partial charge in [0, 0.05) is 25.3 Å². The summed E-state index contributed by atoms with van der Waals surface area (Å²) in [6.45, 7) is 0.810. The molecule has 0 aliphatic carbocycles. The van der Waals surface area contributed by atoms with Crippen molar-refractivity contribution in [2.45, 2.75) is 17.7 Å². The van der Waals surface area contributed by atoms with E-state index in [9.17, 15) is 26.4 Å². The molecule has 0 aromatic heterocycles. The number of benzene rings is 2. The number of sulfonamides is 1. The van der Waals surface area contributed by atoms with Gasteiger partial charge in [0.2, 0.25) is 10.0 Å². The zero-order chi connectivity index (χ0) is 21.0. The van der Waals surface area contributed by atoms with Crippen molar-refractivity contribution in [3.05, 3.63) is 59.9 Å². The monoisotopic (exact) mass is 427 g/mol. The van der Waals surface area contributed by atoms with Gasteiger partial charge >= 0.3 is 6.03 Å². The van der Waals surface area contributed by atoms with Crippen LogP contribution in [0.5, 0.6) is 0 Å². The lowest BCUT2D eigenvalue weighted by molar-refractivity contribution is 0.183. The highest BCUT2D eigenvalue weighted by atomic mass is 32.2. The van der Waals surface area contributed by atoms with Gasteiger partial charge in [-0.2, -0.15) is 0 Å². The molecule has 3 rings (SSSR count). The SMILES string of the molecule is O=C(Nc1ccc(F)cc1)N1CCC(CNS(=O)(=O)c2c(F)cccc2F)CC1. The first-order valence-electron chi connectivity index (χ1n) is 9.01. The Morgan fingerprint density at radius 1 is 1.00 bits per heavy atom. The first-order chi connectivity index (χ1) is 13.8. The molecular formula is C19H20F3N3O3S. The molecule has 6 nitrogen and oxygen atoms in total. The van der Waals surface area contributed by atoms with Crippen molar-refractivity contribution in [1.29, 1.82) is 0 Å². The molecule has 1 fully saturated rings. The summed E-state index contributed by atoms with van der Waals surface area (Å²) in [7, 11) is -4.32. The van der Waals surface area contributed by atoms with Crippen LogP contribution in [0, 0.1) is 23.4 Å². The number of likely N-dealkylation sites (tertiary alicyclic amines) is 1. The Bertz CT molecular complexity index is 956. The molecule has 2 amide bonds. The van der Waals surface area contributed by atoms with Crippen LogP contribution in [0.1, 0.15) is 12.8 Å². The molecule has 1 aliphatic heterocycles. The number of amides is 2. The summed E-state index contributed by atoms with van der Waals surface area (Å²) < 4.78 is 67.1. The minimum atomic E-state index is -4.32. The lowest BCUT2D eigenvalue weighted by Crippen LogP contribution is -2.43. The van der Waals surface area contributed by atoms with Crippen molar-refractivity contribution >= 4 is 21.7 Å². The second-order valence-corrected chi connectivity index (χ2v) is 8.47. The Kier molecular flexibility index (Phi) is 6.43. The molecule has 156 valence electrons. The van der Waals surface area contributed by atoms with Gasteiger partial charge in [0.05, 0.1) is 0 Å². The molecule has 1 aliphatic rings. The third kappa shape index (κ3) is 5.27. The number of piperidine rings is 1. The van der Waals surface area contributed by atoms with Crippen LogP contribution in [0.3, 0.4) is 0 Å². The van der Waals surface area contributed by atoms with Gasteiger partial charge in [0.25, 0.3) is 0 Å². The first-order valence-corrected chi connectivity index (χ1v) is 10.5. The van der Waals surface area contributed by atoms with E-state index in [1.165, 1.54) is 24.3 Å². The predicted octanol–water partition coefficient (Wildman–Crippen LogP) is 3.33. The number of nitrogens with one attached hydrogen (secondary N) is 2. The van der Waals surface area contributed by atoms with Crippen molar-refractivity contribution in [3.8, 4) is 0 Å². The third-order valence-corrected chi connectivity index (χ3v) is 6.22. The van der Waals surface area contributed by atoms with Gasteiger partial charge in [0.1, 0.15) is 17.5 Å². The molecule has 0 atom stereocenters. The van der Waals surface area contributed by atoms with Crippen LogP contribution in [0.25, 0.3) is 0 Å². The highest BCUT2D eigenvalue weighted by Crippen LogP contribution is 2.21. The molecule has 2 aromatic rings. The number of anilines is 1. The van der Waals surface area contributed by atoms with Gasteiger partial charge < -0.3 is 10.2 Å². The van der Waals surface area contributed by atoms with Gasteiger partial charge in [0.15, 0.2) is 4.90 Å². The summed E-state index contributed by atoms with van der Waals surface area (Å²) in [5.74, 6) is -2.77. The van der Waals surface area contributed by atoms with Gasteiger partial charge in [-0.1, -0.05) is 6.07 Å². The van der Waals surface area contributed by atoms with Crippen LogP contribution < -0.4 is 10.0 Å². The van der Waals surface area contributed by atoms with Crippen molar-refractivity contribution < 1.29 is 26.4 Å². The van der Waals surface area contributed by atoms with E-state index in [0.717, 1.165) is 18.2 Å². The summed E-state index contributed by atoms with van der Waals surface area (Å²) in [5, 5.41) is 2.67. The Morgan fingerprint density at radius 2 is 1.59 bits per heavy atom. The van der Waals surface area contributed by atoms with E-state index in [2.05, 4.69) is 10.0 Å². The molecule has 29 heavy (non-hydrogen) atoms. The zero-order valence-electron chi connectivity index (χ0n) is 15.4. The lowest BCUT2D eigenvalue weighted by atomic mass is 9.97.